The number of anilines is 1. The van der Waals surface area contributed by atoms with Crippen molar-refractivity contribution >= 4 is 11.6 Å². The highest BCUT2D eigenvalue weighted by atomic mass is 19.1. The van der Waals surface area contributed by atoms with E-state index in [2.05, 4.69) is 5.32 Å². The van der Waals surface area contributed by atoms with Gasteiger partial charge in [0.15, 0.2) is 0 Å². The van der Waals surface area contributed by atoms with Crippen LogP contribution in [0.1, 0.15) is 0 Å². The third kappa shape index (κ3) is 5.54. The fourth-order valence-electron chi connectivity index (χ4n) is 1.90. The quantitative estimate of drug-likeness (QED) is 0.855. The maximum atomic E-state index is 12.8. The van der Waals surface area contributed by atoms with Gasteiger partial charge in [0.1, 0.15) is 18.2 Å². The van der Waals surface area contributed by atoms with Crippen LogP contribution in [0.25, 0.3) is 0 Å². The smallest absolute Gasteiger partial charge is 0.238 e. The monoisotopic (exact) mass is 302 g/mol. The van der Waals surface area contributed by atoms with Gasteiger partial charge in [-0.25, -0.2) is 4.39 Å². The van der Waals surface area contributed by atoms with E-state index in [4.69, 9.17) is 4.74 Å². The third-order valence-electron chi connectivity index (χ3n) is 3.03. The number of nitrogens with zero attached hydrogens (tertiary/aromatic N) is 1. The van der Waals surface area contributed by atoms with E-state index in [1.807, 2.05) is 42.3 Å². The average Bonchev–Trinajstić information content (AvgIpc) is 2.50. The molecule has 4 nitrogen and oxygen atoms in total. The van der Waals surface area contributed by atoms with Crippen LogP contribution in [0.5, 0.6) is 5.75 Å². The summed E-state index contributed by atoms with van der Waals surface area (Å²) in [7, 11) is 1.85. The molecule has 0 bridgehead atoms. The van der Waals surface area contributed by atoms with Crippen molar-refractivity contribution in [2.24, 2.45) is 0 Å². The van der Waals surface area contributed by atoms with Crippen molar-refractivity contribution in [3.8, 4) is 5.75 Å². The summed E-state index contributed by atoms with van der Waals surface area (Å²) in [4.78, 5) is 13.7. The van der Waals surface area contributed by atoms with Crippen LogP contribution in [0.2, 0.25) is 0 Å². The van der Waals surface area contributed by atoms with Crippen LogP contribution in [-0.2, 0) is 4.79 Å². The highest BCUT2D eigenvalue weighted by molar-refractivity contribution is 5.92. The molecule has 2 aromatic rings. The Labute approximate surface area is 129 Å². The van der Waals surface area contributed by atoms with Crippen molar-refractivity contribution in [2.45, 2.75) is 0 Å². The van der Waals surface area contributed by atoms with Crippen molar-refractivity contribution in [1.82, 2.24) is 4.90 Å². The summed E-state index contributed by atoms with van der Waals surface area (Å²) in [6, 6.07) is 15.2. The molecule has 5 heteroatoms. The van der Waals surface area contributed by atoms with E-state index in [0.717, 1.165) is 5.69 Å². The molecule has 0 aromatic heterocycles. The number of rotatable bonds is 7. The van der Waals surface area contributed by atoms with Crippen molar-refractivity contribution in [3.63, 3.8) is 0 Å². The highest BCUT2D eigenvalue weighted by Crippen LogP contribution is 2.10. The number of hydrogen-bond donors (Lipinski definition) is 1. The van der Waals surface area contributed by atoms with Gasteiger partial charge >= 0.3 is 0 Å². The van der Waals surface area contributed by atoms with Gasteiger partial charge in [0.25, 0.3) is 0 Å². The van der Waals surface area contributed by atoms with Gasteiger partial charge in [0.05, 0.1) is 6.54 Å². The first-order chi connectivity index (χ1) is 10.6. The lowest BCUT2D eigenvalue weighted by molar-refractivity contribution is -0.117. The Kier molecular flexibility index (Phi) is 5.91. The van der Waals surface area contributed by atoms with E-state index < -0.39 is 0 Å². The van der Waals surface area contributed by atoms with Gasteiger partial charge in [0, 0.05) is 12.2 Å². The molecule has 2 rings (SSSR count). The number of hydrogen-bond acceptors (Lipinski definition) is 3. The molecule has 0 unspecified atom stereocenters. The Hall–Kier alpha value is -2.40. The van der Waals surface area contributed by atoms with E-state index in [0.29, 0.717) is 18.9 Å². The maximum Gasteiger partial charge on any atom is 0.238 e. The first-order valence-corrected chi connectivity index (χ1v) is 7.05. The largest absolute Gasteiger partial charge is 0.492 e. The number of benzene rings is 2. The Balaban J connectivity index is 1.68. The van der Waals surface area contributed by atoms with E-state index in [9.17, 15) is 9.18 Å². The Morgan fingerprint density at radius 2 is 1.82 bits per heavy atom. The summed E-state index contributed by atoms with van der Waals surface area (Å²) in [6.07, 6.45) is 0. The summed E-state index contributed by atoms with van der Waals surface area (Å²) in [5, 5.41) is 2.82. The molecule has 0 spiro atoms. The summed E-state index contributed by atoms with van der Waals surface area (Å²) in [5.74, 6) is 0.251. The predicted molar refractivity (Wildman–Crippen MR) is 84.5 cm³/mol. The number of amides is 1. The Morgan fingerprint density at radius 1 is 1.14 bits per heavy atom. The van der Waals surface area contributed by atoms with Gasteiger partial charge in [-0.15, -0.1) is 0 Å². The molecule has 0 aliphatic rings. The van der Waals surface area contributed by atoms with E-state index in [-0.39, 0.29) is 18.3 Å². The van der Waals surface area contributed by atoms with Crippen LogP contribution in [0.3, 0.4) is 0 Å². The van der Waals surface area contributed by atoms with Crippen LogP contribution in [-0.4, -0.2) is 37.6 Å². The molecule has 0 saturated heterocycles. The average molecular weight is 302 g/mol. The molecule has 22 heavy (non-hydrogen) atoms. The first kappa shape index (κ1) is 16.0. The first-order valence-electron chi connectivity index (χ1n) is 7.05. The number of halogens is 1. The van der Waals surface area contributed by atoms with Crippen molar-refractivity contribution < 1.29 is 13.9 Å². The standard InChI is InChI=1S/C17H19FN2O2/c1-20(11-12-22-16-9-7-14(18)8-10-16)13-17(21)19-15-5-3-2-4-6-15/h2-10H,11-13H2,1H3,(H,19,21). The highest BCUT2D eigenvalue weighted by Gasteiger charge is 2.07. The van der Waals surface area contributed by atoms with Gasteiger partial charge < -0.3 is 10.1 Å². The molecule has 1 N–H and O–H groups in total. The molecule has 2 aromatic carbocycles. The Morgan fingerprint density at radius 3 is 2.50 bits per heavy atom. The molecule has 0 saturated carbocycles. The molecule has 116 valence electrons. The van der Waals surface area contributed by atoms with E-state index in [1.165, 1.54) is 12.1 Å². The van der Waals surface area contributed by atoms with Gasteiger partial charge in [-0.2, -0.15) is 0 Å². The molecular formula is C17H19FN2O2. The molecule has 1 amide bonds. The third-order valence-corrected chi connectivity index (χ3v) is 3.03. The number of para-hydroxylation sites is 1. The summed E-state index contributed by atoms with van der Waals surface area (Å²) in [6.45, 7) is 1.31. The fourth-order valence-corrected chi connectivity index (χ4v) is 1.90. The van der Waals surface area contributed by atoms with Crippen LogP contribution in [0.4, 0.5) is 10.1 Å². The number of carbonyl (C=O) groups is 1. The van der Waals surface area contributed by atoms with Crippen molar-refractivity contribution in [3.05, 3.63) is 60.4 Å². The molecule has 0 fully saturated rings. The zero-order valence-electron chi connectivity index (χ0n) is 12.5. The van der Waals surface area contributed by atoms with Crippen molar-refractivity contribution in [2.75, 3.05) is 32.1 Å². The van der Waals surface area contributed by atoms with Gasteiger partial charge in [-0.05, 0) is 43.4 Å². The normalized spacial score (nSPS) is 10.5. The van der Waals surface area contributed by atoms with Crippen LogP contribution in [0.15, 0.2) is 54.6 Å². The van der Waals surface area contributed by atoms with E-state index in [1.54, 1.807) is 12.1 Å². The molecule has 0 aliphatic carbocycles. The topological polar surface area (TPSA) is 41.6 Å². The van der Waals surface area contributed by atoms with Gasteiger partial charge in [-0.1, -0.05) is 18.2 Å². The molecule has 0 atom stereocenters. The number of nitrogens with one attached hydrogen (secondary N) is 1. The second kappa shape index (κ2) is 8.14. The lowest BCUT2D eigenvalue weighted by Crippen LogP contribution is -2.33. The van der Waals surface area contributed by atoms with Crippen LogP contribution < -0.4 is 10.1 Å². The van der Waals surface area contributed by atoms with Crippen molar-refractivity contribution in [1.29, 1.82) is 0 Å². The second-order valence-electron chi connectivity index (χ2n) is 4.95. The Bertz CT molecular complexity index is 587. The molecule has 0 aliphatic heterocycles. The fraction of sp³-hybridized carbons (Fsp3) is 0.235. The minimum absolute atomic E-state index is 0.0736. The zero-order chi connectivity index (χ0) is 15.8. The number of ether oxygens (including phenoxy) is 1. The predicted octanol–water partition coefficient (Wildman–Crippen LogP) is 2.78. The van der Waals surface area contributed by atoms with E-state index >= 15 is 0 Å². The minimum Gasteiger partial charge on any atom is -0.492 e. The summed E-state index contributed by atoms with van der Waals surface area (Å²) < 4.78 is 18.2. The zero-order valence-corrected chi connectivity index (χ0v) is 12.5. The lowest BCUT2D eigenvalue weighted by Gasteiger charge is -2.16. The lowest BCUT2D eigenvalue weighted by atomic mass is 10.3. The SMILES string of the molecule is CN(CCOc1ccc(F)cc1)CC(=O)Nc1ccccc1. The number of carbonyl (C=O) groups excluding carboxylic acids is 1. The second-order valence-corrected chi connectivity index (χ2v) is 4.95. The minimum atomic E-state index is -0.290. The summed E-state index contributed by atoms with van der Waals surface area (Å²) in [5.41, 5.74) is 0.781. The summed E-state index contributed by atoms with van der Waals surface area (Å²) >= 11 is 0. The van der Waals surface area contributed by atoms with Crippen LogP contribution >= 0.6 is 0 Å². The molecule has 0 heterocycles. The van der Waals surface area contributed by atoms with Crippen LogP contribution in [0, 0.1) is 5.82 Å². The maximum absolute atomic E-state index is 12.8. The molecular weight excluding hydrogens is 283 g/mol. The number of likely N-dealkylation sites (N-methyl/N-ethyl adjacent to an activating group) is 1. The van der Waals surface area contributed by atoms with Gasteiger partial charge in [0.2, 0.25) is 5.91 Å². The van der Waals surface area contributed by atoms with Gasteiger partial charge in [-0.3, -0.25) is 9.69 Å². The molecule has 0 radical (unpaired) electrons.